The van der Waals surface area contributed by atoms with Crippen LogP contribution in [0, 0.1) is 6.92 Å². The topological polar surface area (TPSA) is 90.3 Å². The number of fused-ring (bicyclic) bond motifs is 1. The molecule has 7 nitrogen and oxygen atoms in total. The number of aromatic nitrogens is 2. The van der Waals surface area contributed by atoms with E-state index in [1.165, 1.54) is 6.92 Å². The van der Waals surface area contributed by atoms with Crippen molar-refractivity contribution in [2.75, 3.05) is 5.32 Å². The maximum atomic E-state index is 13.0. The van der Waals surface area contributed by atoms with Gasteiger partial charge in [-0.05, 0) is 43.7 Å². The minimum Gasteiger partial charge on any atom is -0.448 e. The molecule has 0 aliphatic rings. The molecule has 1 heterocycles. The van der Waals surface area contributed by atoms with Gasteiger partial charge in [-0.1, -0.05) is 54.6 Å². The summed E-state index contributed by atoms with van der Waals surface area (Å²) in [6.45, 7) is 3.36. The van der Waals surface area contributed by atoms with E-state index in [1.807, 2.05) is 31.2 Å². The highest BCUT2D eigenvalue weighted by Crippen LogP contribution is 2.18. The molecule has 160 valence electrons. The second-order valence-corrected chi connectivity index (χ2v) is 7.30. The molecule has 1 amide bonds. The third-order valence-electron chi connectivity index (χ3n) is 5.06. The summed E-state index contributed by atoms with van der Waals surface area (Å²) in [6, 6.07) is 22.8. The van der Waals surface area contributed by atoms with E-state index in [1.54, 1.807) is 54.6 Å². The highest BCUT2D eigenvalue weighted by Gasteiger charge is 2.24. The molecule has 0 fully saturated rings. The first kappa shape index (κ1) is 21.0. The van der Waals surface area contributed by atoms with Gasteiger partial charge in [0.1, 0.15) is 0 Å². The van der Waals surface area contributed by atoms with E-state index in [0.717, 1.165) is 10.2 Å². The van der Waals surface area contributed by atoms with Crippen LogP contribution in [-0.2, 0) is 9.53 Å². The monoisotopic (exact) mass is 427 g/mol. The standard InChI is InChI=1S/C25H21N3O4/c1-16-10-6-9-15-21(16)26-23(29)17(2)32-25(31)22-19-13-7-8-14-20(19)24(30)28(27-22)18-11-4-3-5-12-18/h3-15,17H,1-2H3,(H,26,29)/t17-/m0/s1. The van der Waals surface area contributed by atoms with Crippen molar-refractivity contribution in [3.8, 4) is 5.69 Å². The predicted molar refractivity (Wildman–Crippen MR) is 122 cm³/mol. The number of nitrogens with zero attached hydrogens (tertiary/aromatic N) is 2. The molecule has 1 atom stereocenters. The molecule has 0 radical (unpaired) electrons. The Kier molecular flexibility index (Phi) is 5.81. The first-order chi connectivity index (χ1) is 15.5. The second-order valence-electron chi connectivity index (χ2n) is 7.30. The van der Waals surface area contributed by atoms with E-state index in [2.05, 4.69) is 10.4 Å². The van der Waals surface area contributed by atoms with Gasteiger partial charge in [0, 0.05) is 11.1 Å². The lowest BCUT2D eigenvalue weighted by atomic mass is 10.1. The Morgan fingerprint density at radius 1 is 0.906 bits per heavy atom. The van der Waals surface area contributed by atoms with Crippen molar-refractivity contribution < 1.29 is 14.3 Å². The first-order valence-corrected chi connectivity index (χ1v) is 10.1. The molecule has 4 rings (SSSR count). The average molecular weight is 427 g/mol. The van der Waals surface area contributed by atoms with Gasteiger partial charge in [-0.15, -0.1) is 0 Å². The minimum atomic E-state index is -1.07. The van der Waals surface area contributed by atoms with E-state index in [4.69, 9.17) is 4.74 Å². The minimum absolute atomic E-state index is 0.0420. The number of nitrogens with one attached hydrogen (secondary N) is 1. The third-order valence-corrected chi connectivity index (χ3v) is 5.06. The summed E-state index contributed by atoms with van der Waals surface area (Å²) in [7, 11) is 0. The van der Waals surface area contributed by atoms with E-state index >= 15 is 0 Å². The molecule has 0 unspecified atom stereocenters. The zero-order valence-electron chi connectivity index (χ0n) is 17.6. The summed E-state index contributed by atoms with van der Waals surface area (Å²) in [5.74, 6) is -1.26. The molecular weight excluding hydrogens is 406 g/mol. The lowest BCUT2D eigenvalue weighted by molar-refractivity contribution is -0.123. The molecule has 0 spiro atoms. The van der Waals surface area contributed by atoms with Crippen LogP contribution in [0.15, 0.2) is 83.7 Å². The van der Waals surface area contributed by atoms with E-state index in [9.17, 15) is 14.4 Å². The summed E-state index contributed by atoms with van der Waals surface area (Å²) in [4.78, 5) is 38.5. The molecule has 4 aromatic rings. The number of hydrogen-bond acceptors (Lipinski definition) is 5. The lowest BCUT2D eigenvalue weighted by Crippen LogP contribution is -2.32. The van der Waals surface area contributed by atoms with Crippen LogP contribution in [0.5, 0.6) is 0 Å². The van der Waals surface area contributed by atoms with Gasteiger partial charge in [0.2, 0.25) is 0 Å². The number of anilines is 1. The maximum absolute atomic E-state index is 13.0. The van der Waals surface area contributed by atoms with E-state index in [-0.39, 0.29) is 11.3 Å². The SMILES string of the molecule is Cc1ccccc1NC(=O)[C@H](C)OC(=O)c1nn(-c2ccccc2)c(=O)c2ccccc12. The number of carbonyl (C=O) groups is 2. The van der Waals surface area contributed by atoms with Gasteiger partial charge in [-0.2, -0.15) is 9.78 Å². The predicted octanol–water partition coefficient (Wildman–Crippen LogP) is 3.88. The number of rotatable bonds is 5. The highest BCUT2D eigenvalue weighted by atomic mass is 16.5. The number of carbonyl (C=O) groups excluding carboxylic acids is 2. The Morgan fingerprint density at radius 3 is 2.25 bits per heavy atom. The Bertz CT molecular complexity index is 1360. The number of amides is 1. The van der Waals surface area contributed by atoms with Crippen molar-refractivity contribution in [3.05, 3.63) is 100 Å². The lowest BCUT2D eigenvalue weighted by Gasteiger charge is -2.15. The Morgan fingerprint density at radius 2 is 1.53 bits per heavy atom. The van der Waals surface area contributed by atoms with Crippen LogP contribution in [0.4, 0.5) is 5.69 Å². The summed E-state index contributed by atoms with van der Waals surface area (Å²) in [5, 5.41) is 7.73. The quantitative estimate of drug-likeness (QED) is 0.488. The van der Waals surface area contributed by atoms with Crippen molar-refractivity contribution in [2.24, 2.45) is 0 Å². The second kappa shape index (κ2) is 8.85. The Hall–Kier alpha value is -4.26. The molecule has 32 heavy (non-hydrogen) atoms. The smallest absolute Gasteiger partial charge is 0.360 e. The molecule has 1 aromatic heterocycles. The molecule has 7 heteroatoms. The molecular formula is C25H21N3O4. The maximum Gasteiger partial charge on any atom is 0.360 e. The fraction of sp³-hybridized carbons (Fsp3) is 0.120. The van der Waals surface area contributed by atoms with Gasteiger partial charge in [0.25, 0.3) is 11.5 Å². The van der Waals surface area contributed by atoms with Crippen LogP contribution in [0.2, 0.25) is 0 Å². The Balaban J connectivity index is 1.66. The average Bonchev–Trinajstić information content (AvgIpc) is 2.81. The van der Waals surface area contributed by atoms with E-state index in [0.29, 0.717) is 22.1 Å². The van der Waals surface area contributed by atoms with E-state index < -0.39 is 18.0 Å². The van der Waals surface area contributed by atoms with Crippen molar-refractivity contribution in [1.29, 1.82) is 0 Å². The first-order valence-electron chi connectivity index (χ1n) is 10.1. The largest absolute Gasteiger partial charge is 0.448 e. The fourth-order valence-electron chi connectivity index (χ4n) is 3.30. The van der Waals surface area contributed by atoms with Crippen LogP contribution in [0.1, 0.15) is 23.0 Å². The number of benzene rings is 3. The highest BCUT2D eigenvalue weighted by molar-refractivity contribution is 6.04. The van der Waals surface area contributed by atoms with Crippen molar-refractivity contribution in [2.45, 2.75) is 20.0 Å². The summed E-state index contributed by atoms with van der Waals surface area (Å²) in [6.07, 6.45) is -1.07. The van der Waals surface area contributed by atoms with Gasteiger partial charge in [0.15, 0.2) is 11.8 Å². The molecule has 0 saturated carbocycles. The summed E-state index contributed by atoms with van der Waals surface area (Å²) in [5.41, 5.74) is 1.65. The molecule has 0 bridgehead atoms. The van der Waals surface area contributed by atoms with Crippen LogP contribution >= 0.6 is 0 Å². The van der Waals surface area contributed by atoms with Gasteiger partial charge < -0.3 is 10.1 Å². The van der Waals surface area contributed by atoms with Crippen LogP contribution in [0.25, 0.3) is 16.5 Å². The fourth-order valence-corrected chi connectivity index (χ4v) is 3.30. The third kappa shape index (κ3) is 4.13. The van der Waals surface area contributed by atoms with Gasteiger partial charge in [-0.25, -0.2) is 4.79 Å². The van der Waals surface area contributed by atoms with Gasteiger partial charge in [0.05, 0.1) is 11.1 Å². The number of para-hydroxylation sites is 2. The zero-order valence-corrected chi connectivity index (χ0v) is 17.6. The summed E-state index contributed by atoms with van der Waals surface area (Å²) < 4.78 is 6.58. The number of ether oxygens (including phenoxy) is 1. The van der Waals surface area contributed by atoms with Gasteiger partial charge >= 0.3 is 5.97 Å². The Labute approximate surface area is 184 Å². The van der Waals surface area contributed by atoms with Crippen molar-refractivity contribution in [3.63, 3.8) is 0 Å². The van der Waals surface area contributed by atoms with Crippen LogP contribution < -0.4 is 10.9 Å². The van der Waals surface area contributed by atoms with Crippen LogP contribution in [-0.4, -0.2) is 27.8 Å². The van der Waals surface area contributed by atoms with Crippen LogP contribution in [0.3, 0.4) is 0 Å². The number of aryl methyl sites for hydroxylation is 1. The molecule has 3 aromatic carbocycles. The zero-order chi connectivity index (χ0) is 22.7. The van der Waals surface area contributed by atoms with Crippen molar-refractivity contribution in [1.82, 2.24) is 9.78 Å². The number of esters is 1. The molecule has 0 aliphatic heterocycles. The summed E-state index contributed by atoms with van der Waals surface area (Å²) >= 11 is 0. The van der Waals surface area contributed by atoms with Gasteiger partial charge in [-0.3, -0.25) is 9.59 Å². The normalized spacial score (nSPS) is 11.7. The van der Waals surface area contributed by atoms with Crippen molar-refractivity contribution >= 4 is 28.3 Å². The molecule has 0 saturated heterocycles. The molecule has 0 aliphatic carbocycles. The molecule has 1 N–H and O–H groups in total. The number of hydrogen-bond donors (Lipinski definition) is 1.